The number of thioether (sulfide) groups is 1. The van der Waals surface area contributed by atoms with Crippen LogP contribution in [0.15, 0.2) is 28.2 Å². The van der Waals surface area contributed by atoms with Crippen LogP contribution in [0.3, 0.4) is 0 Å². The van der Waals surface area contributed by atoms with Crippen molar-refractivity contribution >= 4 is 38.8 Å². The molecule has 0 saturated carbocycles. The summed E-state index contributed by atoms with van der Waals surface area (Å²) in [5.41, 5.74) is 0.902. The molecule has 0 aliphatic carbocycles. The van der Waals surface area contributed by atoms with Crippen LogP contribution in [0.5, 0.6) is 0 Å². The van der Waals surface area contributed by atoms with Crippen molar-refractivity contribution in [3.63, 3.8) is 0 Å². The summed E-state index contributed by atoms with van der Waals surface area (Å²) in [5, 5.41) is 5.34. The second-order valence-electron chi connectivity index (χ2n) is 5.68. The monoisotopic (exact) mass is 386 g/mol. The number of amides is 1. The largest absolute Gasteiger partial charge is 0.462 e. The van der Waals surface area contributed by atoms with Crippen molar-refractivity contribution in [2.24, 2.45) is 0 Å². The fourth-order valence-electron chi connectivity index (χ4n) is 2.40. The van der Waals surface area contributed by atoms with Gasteiger partial charge in [-0.1, -0.05) is 0 Å². The molecule has 1 N–H and O–H groups in total. The number of nitrogens with one attached hydrogen (secondary N) is 1. The number of aromatic nitrogens is 1. The molecule has 1 aliphatic rings. The van der Waals surface area contributed by atoms with Crippen molar-refractivity contribution in [1.82, 2.24) is 10.3 Å². The number of carbonyl (C=O) groups is 1. The second kappa shape index (κ2) is 7.28. The van der Waals surface area contributed by atoms with E-state index in [2.05, 4.69) is 10.3 Å². The van der Waals surface area contributed by atoms with E-state index in [1.54, 1.807) is 6.26 Å². The lowest BCUT2D eigenvalue weighted by molar-refractivity contribution is -0.120. The van der Waals surface area contributed by atoms with Gasteiger partial charge in [0, 0.05) is 17.2 Å². The second-order valence-corrected chi connectivity index (χ2v) is 10.1. The topological polar surface area (TPSA) is 89.3 Å². The van der Waals surface area contributed by atoms with Gasteiger partial charge in [-0.3, -0.25) is 4.79 Å². The Balaban J connectivity index is 1.48. The SMILES string of the molecule is CC(SCc1csc(-c2ccco2)n1)C(=O)NC1CCS(=O)(=O)C1. The minimum absolute atomic E-state index is 0.0503. The molecule has 24 heavy (non-hydrogen) atoms. The molecule has 3 rings (SSSR count). The summed E-state index contributed by atoms with van der Waals surface area (Å²) < 4.78 is 28.2. The lowest BCUT2D eigenvalue weighted by Crippen LogP contribution is -2.40. The summed E-state index contributed by atoms with van der Waals surface area (Å²) in [4.78, 5) is 16.7. The molecule has 6 nitrogen and oxygen atoms in total. The third-order valence-electron chi connectivity index (χ3n) is 3.71. The lowest BCUT2D eigenvalue weighted by Gasteiger charge is -2.15. The Bertz CT molecular complexity index is 799. The summed E-state index contributed by atoms with van der Waals surface area (Å²) in [7, 11) is -2.98. The van der Waals surface area contributed by atoms with Crippen LogP contribution in [0.4, 0.5) is 0 Å². The molecular weight excluding hydrogens is 368 g/mol. The minimum atomic E-state index is -2.98. The molecule has 0 spiro atoms. The molecule has 2 aromatic heterocycles. The summed E-state index contributed by atoms with van der Waals surface area (Å²) in [6, 6.07) is 3.43. The molecule has 9 heteroatoms. The van der Waals surface area contributed by atoms with Crippen LogP contribution in [0.1, 0.15) is 19.0 Å². The van der Waals surface area contributed by atoms with Gasteiger partial charge < -0.3 is 9.73 Å². The average molecular weight is 387 g/mol. The van der Waals surface area contributed by atoms with Gasteiger partial charge in [0.2, 0.25) is 5.91 Å². The normalized spacial score (nSPS) is 20.8. The molecule has 0 radical (unpaired) electrons. The predicted molar refractivity (Wildman–Crippen MR) is 95.8 cm³/mol. The van der Waals surface area contributed by atoms with Gasteiger partial charge in [0.25, 0.3) is 0 Å². The van der Waals surface area contributed by atoms with Crippen molar-refractivity contribution in [3.05, 3.63) is 29.5 Å². The van der Waals surface area contributed by atoms with Crippen LogP contribution < -0.4 is 5.32 Å². The number of rotatable bonds is 6. The summed E-state index contributed by atoms with van der Waals surface area (Å²) in [6.45, 7) is 1.82. The molecule has 1 aliphatic heterocycles. The molecule has 2 atom stereocenters. The summed E-state index contributed by atoms with van der Waals surface area (Å²) >= 11 is 2.99. The van der Waals surface area contributed by atoms with Crippen molar-refractivity contribution in [3.8, 4) is 10.8 Å². The molecular formula is C15H18N2O4S3. The summed E-state index contributed by atoms with van der Waals surface area (Å²) in [5.74, 6) is 1.45. The Hall–Kier alpha value is -1.32. The molecule has 2 unspecified atom stereocenters. The van der Waals surface area contributed by atoms with E-state index in [-0.39, 0.29) is 28.7 Å². The number of thiazole rings is 1. The van der Waals surface area contributed by atoms with Crippen LogP contribution in [-0.2, 0) is 20.4 Å². The fraction of sp³-hybridized carbons (Fsp3) is 0.467. The maximum absolute atomic E-state index is 12.2. The van der Waals surface area contributed by atoms with Gasteiger partial charge in [-0.2, -0.15) is 0 Å². The van der Waals surface area contributed by atoms with Gasteiger partial charge in [0.15, 0.2) is 20.6 Å². The number of hydrogen-bond donors (Lipinski definition) is 1. The fourth-order valence-corrected chi connectivity index (χ4v) is 5.75. The zero-order valence-electron chi connectivity index (χ0n) is 13.1. The van der Waals surface area contributed by atoms with Crippen molar-refractivity contribution in [1.29, 1.82) is 0 Å². The van der Waals surface area contributed by atoms with Gasteiger partial charge in [-0.15, -0.1) is 23.1 Å². The number of nitrogens with zero attached hydrogens (tertiary/aromatic N) is 1. The standard InChI is InChI=1S/C15H18N2O4S3/c1-10(14(18)16-11-4-6-24(19,20)9-11)22-7-12-8-23-15(17-12)13-3-2-5-21-13/h2-3,5,8,10-11H,4,6-7,9H2,1H3,(H,16,18). The maximum atomic E-state index is 12.2. The Morgan fingerprint density at radius 3 is 3.08 bits per heavy atom. The van der Waals surface area contributed by atoms with Crippen molar-refractivity contribution in [2.45, 2.75) is 30.4 Å². The minimum Gasteiger partial charge on any atom is -0.462 e. The molecule has 1 fully saturated rings. The Labute approximate surface area is 149 Å². The number of carbonyl (C=O) groups excluding carboxylic acids is 1. The Kier molecular flexibility index (Phi) is 5.31. The van der Waals surface area contributed by atoms with Crippen LogP contribution >= 0.6 is 23.1 Å². The first-order valence-electron chi connectivity index (χ1n) is 7.53. The quantitative estimate of drug-likeness (QED) is 0.820. The maximum Gasteiger partial charge on any atom is 0.233 e. The van der Waals surface area contributed by atoms with Gasteiger partial charge in [-0.05, 0) is 25.5 Å². The van der Waals surface area contributed by atoms with Crippen LogP contribution in [0, 0.1) is 0 Å². The molecule has 2 aromatic rings. The molecule has 1 saturated heterocycles. The first-order valence-corrected chi connectivity index (χ1v) is 11.3. The molecule has 1 amide bonds. The third-order valence-corrected chi connectivity index (χ3v) is 7.56. The van der Waals surface area contributed by atoms with E-state index in [9.17, 15) is 13.2 Å². The Morgan fingerprint density at radius 1 is 1.58 bits per heavy atom. The van der Waals surface area contributed by atoms with E-state index in [0.717, 1.165) is 16.5 Å². The number of furan rings is 1. The van der Waals surface area contributed by atoms with Crippen LogP contribution in [0.25, 0.3) is 10.8 Å². The van der Waals surface area contributed by atoms with E-state index >= 15 is 0 Å². The highest BCUT2D eigenvalue weighted by Crippen LogP contribution is 2.26. The van der Waals surface area contributed by atoms with E-state index in [0.29, 0.717) is 12.2 Å². The molecule has 0 aromatic carbocycles. The number of sulfone groups is 1. The molecule has 0 bridgehead atoms. The van der Waals surface area contributed by atoms with E-state index in [1.165, 1.54) is 23.1 Å². The van der Waals surface area contributed by atoms with Gasteiger partial charge in [-0.25, -0.2) is 13.4 Å². The highest BCUT2D eigenvalue weighted by molar-refractivity contribution is 7.99. The lowest BCUT2D eigenvalue weighted by atomic mass is 10.2. The van der Waals surface area contributed by atoms with E-state index < -0.39 is 9.84 Å². The van der Waals surface area contributed by atoms with Gasteiger partial charge in [0.05, 0.1) is 28.7 Å². The van der Waals surface area contributed by atoms with E-state index in [1.807, 2.05) is 24.4 Å². The molecule has 130 valence electrons. The first-order chi connectivity index (χ1) is 11.4. The highest BCUT2D eigenvalue weighted by atomic mass is 32.2. The number of hydrogen-bond acceptors (Lipinski definition) is 7. The van der Waals surface area contributed by atoms with Crippen LogP contribution in [-0.4, -0.2) is 42.1 Å². The zero-order chi connectivity index (χ0) is 17.2. The first kappa shape index (κ1) is 17.5. The van der Waals surface area contributed by atoms with Crippen molar-refractivity contribution in [2.75, 3.05) is 11.5 Å². The van der Waals surface area contributed by atoms with E-state index in [4.69, 9.17) is 4.42 Å². The van der Waals surface area contributed by atoms with Crippen molar-refractivity contribution < 1.29 is 17.6 Å². The Morgan fingerprint density at radius 2 is 2.42 bits per heavy atom. The zero-order valence-corrected chi connectivity index (χ0v) is 15.5. The highest BCUT2D eigenvalue weighted by Gasteiger charge is 2.30. The predicted octanol–water partition coefficient (Wildman–Crippen LogP) is 2.33. The molecule has 3 heterocycles. The van der Waals surface area contributed by atoms with Gasteiger partial charge in [0.1, 0.15) is 0 Å². The van der Waals surface area contributed by atoms with Crippen LogP contribution in [0.2, 0.25) is 0 Å². The van der Waals surface area contributed by atoms with Gasteiger partial charge >= 0.3 is 0 Å². The third kappa shape index (κ3) is 4.40. The summed E-state index contributed by atoms with van der Waals surface area (Å²) in [6.07, 6.45) is 2.12. The smallest absolute Gasteiger partial charge is 0.233 e. The average Bonchev–Trinajstić information content (AvgIpc) is 3.24.